The fourth-order valence-corrected chi connectivity index (χ4v) is 5.35. The Labute approximate surface area is 215 Å². The van der Waals surface area contributed by atoms with Crippen LogP contribution in [-0.2, 0) is 14.3 Å². The molecule has 37 heavy (non-hydrogen) atoms. The summed E-state index contributed by atoms with van der Waals surface area (Å²) >= 11 is 0. The van der Waals surface area contributed by atoms with Crippen molar-refractivity contribution in [1.29, 1.82) is 0 Å². The average molecular weight is 502 g/mol. The first-order valence-corrected chi connectivity index (χ1v) is 12.8. The molecule has 0 atom stereocenters. The lowest BCUT2D eigenvalue weighted by Crippen LogP contribution is -2.24. The molecule has 0 spiro atoms. The van der Waals surface area contributed by atoms with Crippen molar-refractivity contribution in [1.82, 2.24) is 5.32 Å². The number of nitrogens with one attached hydrogen (secondary N) is 1. The van der Waals surface area contributed by atoms with Crippen molar-refractivity contribution < 1.29 is 24.5 Å². The van der Waals surface area contributed by atoms with Crippen molar-refractivity contribution in [2.24, 2.45) is 9.98 Å². The predicted octanol–water partition coefficient (Wildman–Crippen LogP) is 3.43. The smallest absolute Gasteiger partial charge is 0.259 e. The molecule has 5 rings (SSSR count). The molecule has 0 bridgehead atoms. The molecule has 2 amide bonds. The van der Waals surface area contributed by atoms with Crippen LogP contribution in [0.15, 0.2) is 91.0 Å². The van der Waals surface area contributed by atoms with Crippen molar-refractivity contribution in [2.45, 2.75) is 51.4 Å². The van der Waals surface area contributed by atoms with E-state index in [1.807, 2.05) is 30.4 Å². The maximum atomic E-state index is 13.5. The summed E-state index contributed by atoms with van der Waals surface area (Å²) in [6, 6.07) is 0. The van der Waals surface area contributed by atoms with Gasteiger partial charge >= 0.3 is 0 Å². The summed E-state index contributed by atoms with van der Waals surface area (Å²) in [5.74, 6) is -0.190. The van der Waals surface area contributed by atoms with E-state index in [0.717, 1.165) is 40.4 Å². The summed E-state index contributed by atoms with van der Waals surface area (Å²) in [4.78, 5) is 36.6. The minimum atomic E-state index is -0.442. The second-order valence-electron chi connectivity index (χ2n) is 9.44. The third-order valence-corrected chi connectivity index (χ3v) is 7.08. The van der Waals surface area contributed by atoms with Crippen LogP contribution in [0.4, 0.5) is 0 Å². The van der Waals surface area contributed by atoms with Gasteiger partial charge in [-0.3, -0.25) is 24.9 Å². The van der Waals surface area contributed by atoms with Gasteiger partial charge in [0.15, 0.2) is 0 Å². The van der Waals surface area contributed by atoms with Gasteiger partial charge in [0, 0.05) is 59.7 Å². The number of fused-ring (bicyclic) bond motifs is 2. The van der Waals surface area contributed by atoms with Gasteiger partial charge in [-0.1, -0.05) is 18.2 Å². The van der Waals surface area contributed by atoms with E-state index in [4.69, 9.17) is 14.7 Å². The van der Waals surface area contributed by atoms with Crippen LogP contribution in [0.3, 0.4) is 0 Å². The van der Waals surface area contributed by atoms with Crippen molar-refractivity contribution in [2.75, 3.05) is 20.3 Å². The molecule has 0 aromatic carbocycles. The highest BCUT2D eigenvalue weighted by atomic mass is 16.5. The number of carbonyl (C=O) groups is 2. The van der Waals surface area contributed by atoms with Crippen LogP contribution in [0.2, 0.25) is 0 Å². The third-order valence-electron chi connectivity index (χ3n) is 7.08. The van der Waals surface area contributed by atoms with E-state index in [9.17, 15) is 19.8 Å². The average Bonchev–Trinajstić information content (AvgIpc) is 3.53. The molecule has 3 aliphatic heterocycles. The minimum absolute atomic E-state index is 0.0794. The lowest BCUT2D eigenvalue weighted by Gasteiger charge is -2.17. The molecule has 0 fully saturated rings. The quantitative estimate of drug-likeness (QED) is 0.296. The van der Waals surface area contributed by atoms with Gasteiger partial charge in [-0.15, -0.1) is 0 Å². The summed E-state index contributed by atoms with van der Waals surface area (Å²) in [7, 11) is 1.60. The van der Waals surface area contributed by atoms with E-state index in [1.54, 1.807) is 7.11 Å². The third kappa shape index (κ3) is 4.63. The van der Waals surface area contributed by atoms with Crippen LogP contribution in [-0.4, -0.2) is 53.8 Å². The first kappa shape index (κ1) is 25.0. The number of hydrogen-bond acceptors (Lipinski definition) is 7. The minimum Gasteiger partial charge on any atom is -0.497 e. The van der Waals surface area contributed by atoms with Gasteiger partial charge in [-0.25, -0.2) is 0 Å². The highest BCUT2D eigenvalue weighted by Crippen LogP contribution is 2.45. The largest absolute Gasteiger partial charge is 0.497 e. The maximum Gasteiger partial charge on any atom is 0.259 e. The van der Waals surface area contributed by atoms with Crippen LogP contribution in [0.5, 0.6) is 0 Å². The van der Waals surface area contributed by atoms with Crippen molar-refractivity contribution in [3.05, 3.63) is 81.0 Å². The highest BCUT2D eigenvalue weighted by Gasteiger charge is 2.42. The molecule has 0 aromatic heterocycles. The van der Waals surface area contributed by atoms with Gasteiger partial charge in [0.2, 0.25) is 0 Å². The number of ether oxygens (including phenoxy) is 1. The molecule has 3 heterocycles. The monoisotopic (exact) mass is 501 g/mol. The molecule has 0 saturated carbocycles. The van der Waals surface area contributed by atoms with Crippen molar-refractivity contribution in [3.63, 3.8) is 0 Å². The van der Waals surface area contributed by atoms with Gasteiger partial charge in [0.25, 0.3) is 11.8 Å². The Morgan fingerprint density at radius 3 is 2.03 bits per heavy atom. The van der Waals surface area contributed by atoms with E-state index in [1.165, 1.54) is 0 Å². The number of aliphatic imine (C=N–C) groups is 2. The molecule has 8 nitrogen and oxygen atoms in total. The number of allylic oxidation sites excluding steroid dienone is 9. The molecule has 2 aliphatic carbocycles. The normalized spacial score (nSPS) is 20.6. The first-order valence-electron chi connectivity index (χ1n) is 12.8. The number of rotatable bonds is 11. The van der Waals surface area contributed by atoms with Crippen molar-refractivity contribution in [3.8, 4) is 0 Å². The Hall–Kier alpha value is -3.62. The maximum absolute atomic E-state index is 13.5. The summed E-state index contributed by atoms with van der Waals surface area (Å²) in [6.45, 7) is 0.167. The summed E-state index contributed by atoms with van der Waals surface area (Å²) < 4.78 is 5.49. The van der Waals surface area contributed by atoms with Crippen LogP contribution in [0.1, 0.15) is 51.4 Å². The number of amides is 2. The van der Waals surface area contributed by atoms with E-state index in [2.05, 4.69) is 5.32 Å². The highest BCUT2D eigenvalue weighted by molar-refractivity contribution is 6.28. The van der Waals surface area contributed by atoms with Crippen molar-refractivity contribution >= 4 is 23.2 Å². The molecule has 192 valence electrons. The van der Waals surface area contributed by atoms with Gasteiger partial charge < -0.3 is 14.9 Å². The topological polar surface area (TPSA) is 121 Å². The number of unbranched alkanes of at least 4 members (excludes halogenated alkanes) is 2. The Bertz CT molecular complexity index is 1330. The predicted molar refractivity (Wildman–Crippen MR) is 141 cm³/mol. The second kappa shape index (κ2) is 10.8. The SMILES string of the molecule is COC1=CCC2=NC(CCCCO)=C(C3=C(C4=C(CCCCO)N=C5CC=CC=C54)C(=O)NC3=O)C2=C1. The zero-order chi connectivity index (χ0) is 25.9. The van der Waals surface area contributed by atoms with Gasteiger partial charge in [-0.05, 0) is 50.7 Å². The molecule has 0 unspecified atom stereocenters. The van der Waals surface area contributed by atoms with Gasteiger partial charge in [0.1, 0.15) is 5.76 Å². The van der Waals surface area contributed by atoms with E-state index >= 15 is 0 Å². The van der Waals surface area contributed by atoms with E-state index in [-0.39, 0.29) is 13.2 Å². The van der Waals surface area contributed by atoms with Crippen LogP contribution >= 0.6 is 0 Å². The molecule has 0 aromatic rings. The molecule has 5 aliphatic rings. The van der Waals surface area contributed by atoms with Gasteiger partial charge in [0.05, 0.1) is 29.7 Å². The Morgan fingerprint density at radius 2 is 1.43 bits per heavy atom. The number of hydrogen-bond donors (Lipinski definition) is 3. The van der Waals surface area contributed by atoms with Crippen LogP contribution in [0, 0.1) is 0 Å². The lowest BCUT2D eigenvalue weighted by molar-refractivity contribution is -0.124. The number of aliphatic hydroxyl groups is 2. The number of imide groups is 1. The Balaban J connectivity index is 1.69. The molecule has 3 N–H and O–H groups in total. The second-order valence-corrected chi connectivity index (χ2v) is 9.44. The lowest BCUT2D eigenvalue weighted by atomic mass is 9.83. The van der Waals surface area contributed by atoms with Gasteiger partial charge in [-0.2, -0.15) is 0 Å². The van der Waals surface area contributed by atoms with E-state index < -0.39 is 11.8 Å². The first-order chi connectivity index (χ1) is 18.1. The van der Waals surface area contributed by atoms with Crippen LogP contribution in [0.25, 0.3) is 0 Å². The molecular weight excluding hydrogens is 470 g/mol. The fraction of sp³-hybridized carbons (Fsp3) is 0.379. The molecule has 0 radical (unpaired) electrons. The number of carbonyl (C=O) groups excluding carboxylic acids is 2. The van der Waals surface area contributed by atoms with Crippen LogP contribution < -0.4 is 5.32 Å². The number of nitrogens with zero attached hydrogens (tertiary/aromatic N) is 2. The Morgan fingerprint density at radius 1 is 0.838 bits per heavy atom. The summed E-state index contributed by atoms with van der Waals surface area (Å²) in [5.41, 5.74) is 6.95. The zero-order valence-electron chi connectivity index (χ0n) is 21.0. The summed E-state index contributed by atoms with van der Waals surface area (Å²) in [5, 5.41) is 21.2. The number of aliphatic hydroxyl groups excluding tert-OH is 2. The summed E-state index contributed by atoms with van der Waals surface area (Å²) in [6.07, 6.45) is 14.8. The fourth-order valence-electron chi connectivity index (χ4n) is 5.35. The number of methoxy groups -OCH3 is 1. The molecular formula is C29H31N3O5. The van der Waals surface area contributed by atoms with E-state index in [0.29, 0.717) is 73.0 Å². The molecule has 8 heteroatoms. The Kier molecular flexibility index (Phi) is 7.30. The zero-order valence-corrected chi connectivity index (χ0v) is 21.0. The standard InChI is InChI=1S/C29H31N3O5/c1-37-17-12-13-21-19(16-17)25(23(31-21)11-5-7-15-34)27-26(28(35)32-29(27)36)24-18-8-2-3-9-20(18)30-22(24)10-4-6-14-33/h2-3,8,12,16,33-34H,4-7,9-11,13-15H2,1H3,(H,32,35,36). The molecule has 0 saturated heterocycles.